The third-order valence-corrected chi connectivity index (χ3v) is 4.45. The molecule has 6 heteroatoms. The predicted octanol–water partition coefficient (Wildman–Crippen LogP) is 1.46. The highest BCUT2D eigenvalue weighted by molar-refractivity contribution is 9.09. The summed E-state index contributed by atoms with van der Waals surface area (Å²) >= 11 is 3.53. The highest BCUT2D eigenvalue weighted by atomic mass is 79.9. The molecule has 1 atom stereocenters. The van der Waals surface area contributed by atoms with E-state index in [1.54, 1.807) is 18.3 Å². The van der Waals surface area contributed by atoms with Gasteiger partial charge in [-0.05, 0) is 18.6 Å². The van der Waals surface area contributed by atoms with Gasteiger partial charge in [-0.3, -0.25) is 0 Å². The maximum atomic E-state index is 11.6. The van der Waals surface area contributed by atoms with Crippen molar-refractivity contribution in [2.45, 2.75) is 16.1 Å². The quantitative estimate of drug-likeness (QED) is 0.776. The average molecular weight is 305 g/mol. The smallest absolute Gasteiger partial charge is 0.179 e. The molecule has 1 fully saturated rings. The molecule has 1 aliphatic heterocycles. The lowest BCUT2D eigenvalue weighted by Crippen LogP contribution is -2.23. The Morgan fingerprint density at radius 1 is 1.56 bits per heavy atom. The normalized spacial score (nSPS) is 21.4. The van der Waals surface area contributed by atoms with Gasteiger partial charge in [0.2, 0.25) is 0 Å². The van der Waals surface area contributed by atoms with Crippen LogP contribution in [0.5, 0.6) is 0 Å². The maximum absolute atomic E-state index is 11.6. The first-order chi connectivity index (χ1) is 7.48. The third kappa shape index (κ3) is 2.38. The van der Waals surface area contributed by atoms with Crippen molar-refractivity contribution in [2.75, 3.05) is 24.2 Å². The molecule has 0 aliphatic carbocycles. The van der Waals surface area contributed by atoms with Crippen LogP contribution in [0.3, 0.4) is 0 Å². The molecule has 2 rings (SSSR count). The molecule has 1 unspecified atom stereocenters. The van der Waals surface area contributed by atoms with Crippen molar-refractivity contribution in [3.05, 3.63) is 18.3 Å². The van der Waals surface area contributed by atoms with Crippen molar-refractivity contribution in [3.8, 4) is 0 Å². The standard InChI is InChI=1S/C10H13BrN2O2S/c1-16(14,15)9-3-2-5-12-10(9)13-6-4-8(11)7-13/h2-3,5,8H,4,6-7H2,1H3. The first-order valence-corrected chi connectivity index (χ1v) is 7.83. The van der Waals surface area contributed by atoms with Gasteiger partial charge in [-0.15, -0.1) is 0 Å². The Bertz CT molecular complexity index is 489. The van der Waals surface area contributed by atoms with Gasteiger partial charge in [-0.2, -0.15) is 0 Å². The minimum atomic E-state index is -3.21. The van der Waals surface area contributed by atoms with Gasteiger partial charge in [0.05, 0.1) is 0 Å². The molecule has 0 bridgehead atoms. The van der Waals surface area contributed by atoms with Crippen molar-refractivity contribution in [1.82, 2.24) is 4.98 Å². The lowest BCUT2D eigenvalue weighted by atomic mass is 10.4. The van der Waals surface area contributed by atoms with Crippen LogP contribution in [0.4, 0.5) is 5.82 Å². The largest absolute Gasteiger partial charge is 0.354 e. The SMILES string of the molecule is CS(=O)(=O)c1cccnc1N1CCC(Br)C1. The maximum Gasteiger partial charge on any atom is 0.179 e. The zero-order valence-electron chi connectivity index (χ0n) is 8.93. The van der Waals surface area contributed by atoms with Crippen molar-refractivity contribution >= 4 is 31.6 Å². The van der Waals surface area contributed by atoms with Crippen molar-refractivity contribution < 1.29 is 8.42 Å². The van der Waals surface area contributed by atoms with E-state index in [-0.39, 0.29) is 0 Å². The molecular weight excluding hydrogens is 292 g/mol. The van der Waals surface area contributed by atoms with E-state index in [0.29, 0.717) is 15.5 Å². The van der Waals surface area contributed by atoms with Crippen LogP contribution in [0, 0.1) is 0 Å². The molecule has 88 valence electrons. The number of alkyl halides is 1. The van der Waals surface area contributed by atoms with Crippen LogP contribution in [0.1, 0.15) is 6.42 Å². The van der Waals surface area contributed by atoms with Crippen LogP contribution in [0.2, 0.25) is 0 Å². The number of rotatable bonds is 2. The van der Waals surface area contributed by atoms with Crippen LogP contribution in [0.25, 0.3) is 0 Å². The summed E-state index contributed by atoms with van der Waals surface area (Å²) in [5, 5.41) is 0. The van der Waals surface area contributed by atoms with Gasteiger partial charge in [-0.1, -0.05) is 15.9 Å². The molecule has 0 N–H and O–H groups in total. The molecule has 0 radical (unpaired) electrons. The van der Waals surface area contributed by atoms with Gasteiger partial charge in [0.25, 0.3) is 0 Å². The summed E-state index contributed by atoms with van der Waals surface area (Å²) in [5.41, 5.74) is 0. The summed E-state index contributed by atoms with van der Waals surface area (Å²) in [6.07, 6.45) is 3.86. The number of hydrogen-bond acceptors (Lipinski definition) is 4. The molecule has 4 nitrogen and oxygen atoms in total. The Balaban J connectivity index is 2.41. The second-order valence-electron chi connectivity index (χ2n) is 3.93. The zero-order chi connectivity index (χ0) is 11.8. The second-order valence-corrected chi connectivity index (χ2v) is 7.21. The second kappa shape index (κ2) is 4.33. The summed E-state index contributed by atoms with van der Waals surface area (Å²) < 4.78 is 23.2. The average Bonchev–Trinajstić information content (AvgIpc) is 2.64. The van der Waals surface area contributed by atoms with Gasteiger partial charge < -0.3 is 4.90 Å². The fourth-order valence-electron chi connectivity index (χ4n) is 1.82. The highest BCUT2D eigenvalue weighted by Gasteiger charge is 2.25. The number of halogens is 1. The third-order valence-electron chi connectivity index (χ3n) is 2.58. The number of pyridine rings is 1. The summed E-state index contributed by atoms with van der Waals surface area (Å²) in [6.45, 7) is 1.65. The fraction of sp³-hybridized carbons (Fsp3) is 0.500. The van der Waals surface area contributed by atoms with Crippen molar-refractivity contribution in [1.29, 1.82) is 0 Å². The monoisotopic (exact) mass is 304 g/mol. The molecule has 0 saturated carbocycles. The fourth-order valence-corrected chi connectivity index (χ4v) is 3.21. The van der Waals surface area contributed by atoms with Crippen molar-refractivity contribution in [2.24, 2.45) is 0 Å². The Morgan fingerprint density at radius 2 is 2.31 bits per heavy atom. The van der Waals surface area contributed by atoms with Crippen LogP contribution in [-0.4, -0.2) is 37.6 Å². The summed E-state index contributed by atoms with van der Waals surface area (Å²) in [7, 11) is -3.21. The molecule has 1 saturated heterocycles. The number of hydrogen-bond donors (Lipinski definition) is 0. The molecule has 1 aliphatic rings. The molecule has 1 aromatic rings. The summed E-state index contributed by atoms with van der Waals surface area (Å²) in [6, 6.07) is 3.26. The molecular formula is C10H13BrN2O2S. The van der Waals surface area contributed by atoms with Gasteiger partial charge in [-0.25, -0.2) is 13.4 Å². The van der Waals surface area contributed by atoms with E-state index in [4.69, 9.17) is 0 Å². The van der Waals surface area contributed by atoms with Crippen LogP contribution < -0.4 is 4.90 Å². The zero-order valence-corrected chi connectivity index (χ0v) is 11.3. The lowest BCUT2D eigenvalue weighted by Gasteiger charge is -2.18. The van der Waals surface area contributed by atoms with E-state index < -0.39 is 9.84 Å². The number of aromatic nitrogens is 1. The van der Waals surface area contributed by atoms with Crippen LogP contribution in [-0.2, 0) is 9.84 Å². The lowest BCUT2D eigenvalue weighted by molar-refractivity contribution is 0.601. The minimum absolute atomic E-state index is 0.316. The van der Waals surface area contributed by atoms with Crippen molar-refractivity contribution in [3.63, 3.8) is 0 Å². The van der Waals surface area contributed by atoms with E-state index in [0.717, 1.165) is 19.5 Å². The Labute approximate surface area is 104 Å². The number of nitrogens with zero attached hydrogens (tertiary/aromatic N) is 2. The molecule has 2 heterocycles. The van der Waals surface area contributed by atoms with E-state index >= 15 is 0 Å². The number of sulfone groups is 1. The van der Waals surface area contributed by atoms with Gasteiger partial charge in [0, 0.05) is 30.4 Å². The molecule has 16 heavy (non-hydrogen) atoms. The topological polar surface area (TPSA) is 50.3 Å². The Kier molecular flexibility index (Phi) is 3.21. The summed E-state index contributed by atoms with van der Waals surface area (Å²) in [5.74, 6) is 0.576. The molecule has 1 aromatic heterocycles. The Morgan fingerprint density at radius 3 is 2.88 bits per heavy atom. The predicted molar refractivity (Wildman–Crippen MR) is 66.9 cm³/mol. The molecule has 0 spiro atoms. The van der Waals surface area contributed by atoms with E-state index in [2.05, 4.69) is 20.9 Å². The minimum Gasteiger partial charge on any atom is -0.354 e. The highest BCUT2D eigenvalue weighted by Crippen LogP contribution is 2.27. The Hall–Kier alpha value is -0.620. The summed E-state index contributed by atoms with van der Waals surface area (Å²) in [4.78, 5) is 6.93. The van der Waals surface area contributed by atoms with Gasteiger partial charge in [0.15, 0.2) is 9.84 Å². The van der Waals surface area contributed by atoms with Crippen LogP contribution in [0.15, 0.2) is 23.2 Å². The molecule has 0 aromatic carbocycles. The molecule has 0 amide bonds. The van der Waals surface area contributed by atoms with Crippen LogP contribution >= 0.6 is 15.9 Å². The van der Waals surface area contributed by atoms with Gasteiger partial charge >= 0.3 is 0 Å². The van der Waals surface area contributed by atoms with E-state index in [1.807, 2.05) is 4.90 Å². The first-order valence-electron chi connectivity index (χ1n) is 5.02. The van der Waals surface area contributed by atoms with E-state index in [9.17, 15) is 8.42 Å². The first kappa shape index (κ1) is 11.9. The number of anilines is 1. The van der Waals surface area contributed by atoms with Gasteiger partial charge in [0.1, 0.15) is 10.7 Å². The van der Waals surface area contributed by atoms with E-state index in [1.165, 1.54) is 6.26 Å².